The fourth-order valence-corrected chi connectivity index (χ4v) is 7.98. The van der Waals surface area contributed by atoms with E-state index in [1.165, 1.54) is 58.8 Å². The minimum absolute atomic E-state index is 0.980. The summed E-state index contributed by atoms with van der Waals surface area (Å²) in [4.78, 5) is 5.13. The number of thiophene rings is 1. The number of rotatable bonds is 4. The van der Waals surface area contributed by atoms with Gasteiger partial charge in [0.2, 0.25) is 0 Å². The third kappa shape index (κ3) is 3.90. The van der Waals surface area contributed by atoms with Crippen LogP contribution in [0, 0.1) is 0 Å². The minimum atomic E-state index is 0.980. The maximum Gasteiger partial charge on any atom is 0.0715 e. The molecule has 0 spiro atoms. The first kappa shape index (κ1) is 25.0. The summed E-state index contributed by atoms with van der Waals surface area (Å²) in [6, 6.07) is 56.3. The zero-order valence-corrected chi connectivity index (χ0v) is 24.6. The van der Waals surface area contributed by atoms with Crippen molar-refractivity contribution in [3.63, 3.8) is 0 Å². The predicted molar refractivity (Wildman–Crippen MR) is 188 cm³/mol. The van der Waals surface area contributed by atoms with Gasteiger partial charge in [-0.3, -0.25) is 0 Å². The van der Waals surface area contributed by atoms with Gasteiger partial charge in [0.1, 0.15) is 0 Å². The first-order valence-electron chi connectivity index (χ1n) is 14.9. The van der Waals surface area contributed by atoms with Crippen LogP contribution in [0.3, 0.4) is 0 Å². The van der Waals surface area contributed by atoms with Crippen LogP contribution in [0.1, 0.15) is 0 Å². The molecule has 0 aliphatic heterocycles. The number of para-hydroxylation sites is 2. The van der Waals surface area contributed by atoms with E-state index >= 15 is 0 Å². The molecule has 0 aliphatic carbocycles. The summed E-state index contributed by atoms with van der Waals surface area (Å²) < 4.78 is 5.03. The van der Waals surface area contributed by atoms with Crippen LogP contribution in [0.2, 0.25) is 0 Å². The van der Waals surface area contributed by atoms with Crippen molar-refractivity contribution in [3.8, 4) is 39.3 Å². The molecule has 0 unspecified atom stereocenters. The zero-order chi connectivity index (χ0) is 29.0. The van der Waals surface area contributed by atoms with Crippen LogP contribution in [0.5, 0.6) is 0 Å². The molecule has 9 rings (SSSR count). The van der Waals surface area contributed by atoms with Crippen molar-refractivity contribution in [1.82, 2.24) is 9.55 Å². The average Bonchev–Trinajstić information content (AvgIpc) is 3.65. The van der Waals surface area contributed by atoms with E-state index in [9.17, 15) is 0 Å². The van der Waals surface area contributed by atoms with Crippen molar-refractivity contribution < 1.29 is 0 Å². The number of fused-ring (bicyclic) bond motifs is 7. The van der Waals surface area contributed by atoms with Gasteiger partial charge in [-0.15, -0.1) is 11.3 Å². The smallest absolute Gasteiger partial charge is 0.0715 e. The SMILES string of the molecule is c1ccc(-c2cc(-c3cccc4c3sc3c4ccc4c3c3ccccc3n4-c3ccccc3)cc(-c3ccccc3)n2)cc1. The third-order valence-electron chi connectivity index (χ3n) is 8.59. The molecule has 9 aromatic rings. The van der Waals surface area contributed by atoms with Crippen LogP contribution in [-0.2, 0) is 0 Å². The van der Waals surface area contributed by atoms with Gasteiger partial charge in [-0.2, -0.15) is 0 Å². The summed E-state index contributed by atoms with van der Waals surface area (Å²) in [5.74, 6) is 0. The van der Waals surface area contributed by atoms with Gasteiger partial charge in [-0.05, 0) is 47.5 Å². The topological polar surface area (TPSA) is 17.8 Å². The molecular formula is C41H26N2S. The number of pyridine rings is 1. The van der Waals surface area contributed by atoms with Crippen LogP contribution in [0.4, 0.5) is 0 Å². The second kappa shape index (κ2) is 10.0. The number of aromatic nitrogens is 2. The van der Waals surface area contributed by atoms with E-state index in [0.717, 1.165) is 22.5 Å². The highest BCUT2D eigenvalue weighted by molar-refractivity contribution is 7.27. The lowest BCUT2D eigenvalue weighted by Gasteiger charge is -2.11. The van der Waals surface area contributed by atoms with Gasteiger partial charge in [-0.1, -0.05) is 121 Å². The number of benzene rings is 6. The van der Waals surface area contributed by atoms with Crippen LogP contribution in [0.15, 0.2) is 158 Å². The molecule has 0 bridgehead atoms. The van der Waals surface area contributed by atoms with Crippen molar-refractivity contribution in [2.24, 2.45) is 0 Å². The molecule has 44 heavy (non-hydrogen) atoms. The van der Waals surface area contributed by atoms with E-state index in [1.807, 2.05) is 11.3 Å². The van der Waals surface area contributed by atoms with Crippen LogP contribution >= 0.6 is 11.3 Å². The molecule has 0 atom stereocenters. The maximum absolute atomic E-state index is 5.13. The molecule has 3 heteroatoms. The van der Waals surface area contributed by atoms with Gasteiger partial charge in [0.05, 0.1) is 22.4 Å². The molecular weight excluding hydrogens is 553 g/mol. The molecule has 2 nitrogen and oxygen atoms in total. The minimum Gasteiger partial charge on any atom is -0.309 e. The van der Waals surface area contributed by atoms with Gasteiger partial charge in [0, 0.05) is 47.8 Å². The van der Waals surface area contributed by atoms with Crippen molar-refractivity contribution in [1.29, 1.82) is 0 Å². The molecule has 0 fully saturated rings. The van der Waals surface area contributed by atoms with E-state index in [1.54, 1.807) is 0 Å². The molecule has 0 amide bonds. The van der Waals surface area contributed by atoms with E-state index < -0.39 is 0 Å². The molecule has 3 heterocycles. The first-order valence-corrected chi connectivity index (χ1v) is 15.7. The van der Waals surface area contributed by atoms with Gasteiger partial charge in [0.15, 0.2) is 0 Å². The van der Waals surface area contributed by atoms with E-state index in [2.05, 4.69) is 162 Å². The Morgan fingerprint density at radius 3 is 1.73 bits per heavy atom. The average molecular weight is 579 g/mol. The highest BCUT2D eigenvalue weighted by Crippen LogP contribution is 2.46. The maximum atomic E-state index is 5.13. The number of hydrogen-bond donors (Lipinski definition) is 0. The quantitative estimate of drug-likeness (QED) is 0.203. The highest BCUT2D eigenvalue weighted by atomic mass is 32.1. The molecule has 3 aromatic heterocycles. The summed E-state index contributed by atoms with van der Waals surface area (Å²) in [5.41, 5.74) is 10.3. The Bertz CT molecular complexity index is 2420. The van der Waals surface area contributed by atoms with E-state index in [4.69, 9.17) is 4.98 Å². The Labute approximate surface area is 259 Å². The van der Waals surface area contributed by atoms with E-state index in [-0.39, 0.29) is 0 Å². The monoisotopic (exact) mass is 578 g/mol. The Morgan fingerprint density at radius 2 is 1.02 bits per heavy atom. The van der Waals surface area contributed by atoms with Gasteiger partial charge >= 0.3 is 0 Å². The fraction of sp³-hybridized carbons (Fsp3) is 0. The third-order valence-corrected chi connectivity index (χ3v) is 9.86. The summed E-state index contributed by atoms with van der Waals surface area (Å²) in [6.07, 6.45) is 0. The normalized spacial score (nSPS) is 11.6. The Balaban J connectivity index is 1.34. The van der Waals surface area contributed by atoms with Gasteiger partial charge in [0.25, 0.3) is 0 Å². The van der Waals surface area contributed by atoms with Crippen LogP contribution in [-0.4, -0.2) is 9.55 Å². The molecule has 206 valence electrons. The zero-order valence-electron chi connectivity index (χ0n) is 23.8. The fourth-order valence-electron chi connectivity index (χ4n) is 6.59. The van der Waals surface area contributed by atoms with Crippen molar-refractivity contribution in [3.05, 3.63) is 158 Å². The predicted octanol–water partition coefficient (Wildman–Crippen LogP) is 11.5. The number of nitrogens with zero attached hydrogens (tertiary/aromatic N) is 2. The van der Waals surface area contributed by atoms with Crippen LogP contribution < -0.4 is 0 Å². The van der Waals surface area contributed by atoms with Crippen LogP contribution in [0.25, 0.3) is 81.3 Å². The Kier molecular flexibility index (Phi) is 5.71. The van der Waals surface area contributed by atoms with E-state index in [0.29, 0.717) is 0 Å². The lowest BCUT2D eigenvalue weighted by Crippen LogP contribution is -1.92. The largest absolute Gasteiger partial charge is 0.309 e. The van der Waals surface area contributed by atoms with Gasteiger partial charge < -0.3 is 4.57 Å². The highest BCUT2D eigenvalue weighted by Gasteiger charge is 2.19. The van der Waals surface area contributed by atoms with Gasteiger partial charge in [-0.25, -0.2) is 4.98 Å². The number of hydrogen-bond acceptors (Lipinski definition) is 2. The Hall–Kier alpha value is -5.51. The lowest BCUT2D eigenvalue weighted by atomic mass is 9.98. The summed E-state index contributed by atoms with van der Waals surface area (Å²) in [6.45, 7) is 0. The molecule has 0 saturated carbocycles. The van der Waals surface area contributed by atoms with Crippen molar-refractivity contribution in [2.75, 3.05) is 0 Å². The molecule has 0 radical (unpaired) electrons. The second-order valence-electron chi connectivity index (χ2n) is 11.2. The molecule has 0 N–H and O–H groups in total. The Morgan fingerprint density at radius 1 is 0.432 bits per heavy atom. The second-order valence-corrected chi connectivity index (χ2v) is 12.2. The van der Waals surface area contributed by atoms with Crippen molar-refractivity contribution >= 4 is 53.3 Å². The molecule has 0 saturated heterocycles. The summed E-state index contributed by atoms with van der Waals surface area (Å²) in [5, 5.41) is 5.20. The summed E-state index contributed by atoms with van der Waals surface area (Å²) in [7, 11) is 0. The molecule has 6 aromatic carbocycles. The lowest BCUT2D eigenvalue weighted by molar-refractivity contribution is 1.18. The summed E-state index contributed by atoms with van der Waals surface area (Å²) >= 11 is 1.91. The molecule has 0 aliphatic rings. The van der Waals surface area contributed by atoms with Crippen molar-refractivity contribution in [2.45, 2.75) is 0 Å². The first-order chi connectivity index (χ1) is 21.8. The standard InChI is InChI=1S/C41H26N2S/c1-4-13-27(14-5-1)35-25-29(26-36(42-35)28-15-6-2-7-16-28)31-20-12-21-32-33-23-24-38-39(41(33)44-40(31)32)34-19-10-11-22-37(34)43(38)30-17-8-3-9-18-30/h1-26H.